The molecule has 2 aromatic heterocycles. The van der Waals surface area contributed by atoms with Gasteiger partial charge in [0.25, 0.3) is 5.56 Å². The van der Waals surface area contributed by atoms with Crippen molar-refractivity contribution >= 4 is 17.1 Å². The molecule has 0 aliphatic heterocycles. The molecular weight excluding hydrogens is 322 g/mol. The Kier molecular flexibility index (Phi) is 5.03. The zero-order chi connectivity index (χ0) is 17.6. The van der Waals surface area contributed by atoms with Crippen LogP contribution >= 0.6 is 0 Å². The van der Waals surface area contributed by atoms with Gasteiger partial charge in [0.2, 0.25) is 5.88 Å². The molecule has 0 saturated heterocycles. The lowest BCUT2D eigenvalue weighted by molar-refractivity contribution is -0.107. The van der Waals surface area contributed by atoms with Crippen LogP contribution in [0.25, 0.3) is 16.5 Å². The Morgan fingerprint density at radius 2 is 1.92 bits per heavy atom. The molecule has 0 radical (unpaired) electrons. The van der Waals surface area contributed by atoms with Gasteiger partial charge >= 0.3 is 5.69 Å². The number of aromatic amines is 1. The summed E-state index contributed by atoms with van der Waals surface area (Å²) in [7, 11) is 0. The second-order valence-electron chi connectivity index (χ2n) is 5.49. The molecular formula is C18H17N3O4. The van der Waals surface area contributed by atoms with E-state index in [1.165, 1.54) is 16.8 Å². The maximum absolute atomic E-state index is 12.1. The van der Waals surface area contributed by atoms with Gasteiger partial charge < -0.3 is 9.53 Å². The maximum atomic E-state index is 12.1. The summed E-state index contributed by atoms with van der Waals surface area (Å²) in [6.45, 7) is 0.461. The molecule has 128 valence electrons. The number of hydrogen-bond donors (Lipinski definition) is 1. The van der Waals surface area contributed by atoms with Crippen molar-refractivity contribution in [3.63, 3.8) is 0 Å². The summed E-state index contributed by atoms with van der Waals surface area (Å²) in [6, 6.07) is 8.74. The highest BCUT2D eigenvalue weighted by Crippen LogP contribution is 2.27. The van der Waals surface area contributed by atoms with E-state index in [0.29, 0.717) is 24.6 Å². The van der Waals surface area contributed by atoms with Gasteiger partial charge in [0.05, 0.1) is 18.5 Å². The van der Waals surface area contributed by atoms with Crippen LogP contribution in [-0.4, -0.2) is 27.4 Å². The molecule has 0 aliphatic carbocycles. The van der Waals surface area contributed by atoms with Crippen LogP contribution in [0, 0.1) is 0 Å². The molecule has 0 bridgehead atoms. The first-order valence-electron chi connectivity index (χ1n) is 7.97. The Labute approximate surface area is 142 Å². The molecule has 3 aromatic rings. The molecule has 0 saturated carbocycles. The predicted molar refractivity (Wildman–Crippen MR) is 93.4 cm³/mol. The minimum atomic E-state index is -0.526. The van der Waals surface area contributed by atoms with Crippen molar-refractivity contribution in [2.75, 3.05) is 6.61 Å². The standard InChI is InChI=1S/C18H17N3O4/c22-10-4-1-5-11-25-17-14-7-3-2-6-13(14)15(12-19-17)21-9-8-16(23)20-18(21)24/h2-3,6-10,12H,1,4-5,11H2,(H,20,23,24). The number of hydrogen-bond acceptors (Lipinski definition) is 5. The highest BCUT2D eigenvalue weighted by Gasteiger charge is 2.11. The van der Waals surface area contributed by atoms with Gasteiger partial charge in [-0.05, 0) is 18.9 Å². The van der Waals surface area contributed by atoms with Crippen molar-refractivity contribution in [2.24, 2.45) is 0 Å². The van der Waals surface area contributed by atoms with E-state index in [1.807, 2.05) is 24.3 Å². The van der Waals surface area contributed by atoms with Crippen LogP contribution in [0.5, 0.6) is 5.88 Å². The molecule has 0 atom stereocenters. The second kappa shape index (κ2) is 7.57. The normalized spacial score (nSPS) is 10.7. The van der Waals surface area contributed by atoms with Crippen LogP contribution in [0.1, 0.15) is 19.3 Å². The zero-order valence-corrected chi connectivity index (χ0v) is 13.5. The van der Waals surface area contributed by atoms with E-state index >= 15 is 0 Å². The quantitative estimate of drug-likeness (QED) is 0.523. The zero-order valence-electron chi connectivity index (χ0n) is 13.5. The lowest BCUT2D eigenvalue weighted by Crippen LogP contribution is -2.27. The number of benzene rings is 1. The lowest BCUT2D eigenvalue weighted by Gasteiger charge is -2.12. The number of carbonyl (C=O) groups excluding carboxylic acids is 1. The van der Waals surface area contributed by atoms with E-state index in [-0.39, 0.29) is 0 Å². The number of ether oxygens (including phenoxy) is 1. The largest absolute Gasteiger partial charge is 0.477 e. The fraction of sp³-hybridized carbons (Fsp3) is 0.222. The molecule has 0 aliphatic rings. The van der Waals surface area contributed by atoms with Crippen molar-refractivity contribution in [2.45, 2.75) is 19.3 Å². The van der Waals surface area contributed by atoms with E-state index in [4.69, 9.17) is 4.74 Å². The van der Waals surface area contributed by atoms with Gasteiger partial charge in [-0.2, -0.15) is 0 Å². The first-order valence-corrected chi connectivity index (χ1v) is 7.97. The SMILES string of the molecule is O=CCCCCOc1ncc(-n2ccc(=O)[nH]c2=O)c2ccccc12. The number of fused-ring (bicyclic) bond motifs is 1. The number of H-pyrrole nitrogens is 1. The first kappa shape index (κ1) is 16.6. The van der Waals surface area contributed by atoms with Gasteiger partial charge in [-0.25, -0.2) is 9.78 Å². The Bertz CT molecular complexity index is 1010. The number of unbranched alkanes of at least 4 members (excludes halogenated alkanes) is 2. The van der Waals surface area contributed by atoms with Crippen LogP contribution in [0.4, 0.5) is 0 Å². The average molecular weight is 339 g/mol. The number of nitrogens with zero attached hydrogens (tertiary/aromatic N) is 2. The number of nitrogens with one attached hydrogen (secondary N) is 1. The van der Waals surface area contributed by atoms with Gasteiger partial charge in [-0.1, -0.05) is 18.2 Å². The molecule has 25 heavy (non-hydrogen) atoms. The number of rotatable bonds is 7. The summed E-state index contributed by atoms with van der Waals surface area (Å²) in [6.07, 6.45) is 5.91. The molecule has 2 heterocycles. The molecule has 3 rings (SSSR count). The number of aldehydes is 1. The molecule has 1 aromatic carbocycles. The molecule has 7 nitrogen and oxygen atoms in total. The van der Waals surface area contributed by atoms with Crippen LogP contribution in [0.15, 0.2) is 52.3 Å². The summed E-state index contributed by atoms with van der Waals surface area (Å²) in [5, 5.41) is 1.56. The topological polar surface area (TPSA) is 94.0 Å². The van der Waals surface area contributed by atoms with E-state index in [1.54, 1.807) is 6.20 Å². The highest BCUT2D eigenvalue weighted by molar-refractivity contribution is 5.93. The molecule has 0 unspecified atom stereocenters. The fourth-order valence-electron chi connectivity index (χ4n) is 2.56. The van der Waals surface area contributed by atoms with Crippen LogP contribution < -0.4 is 16.0 Å². The van der Waals surface area contributed by atoms with E-state index in [9.17, 15) is 14.4 Å². The van der Waals surface area contributed by atoms with Gasteiger partial charge in [0, 0.05) is 29.5 Å². The smallest absolute Gasteiger partial charge is 0.332 e. The van der Waals surface area contributed by atoms with Crippen molar-refractivity contribution < 1.29 is 9.53 Å². The molecule has 0 amide bonds. The predicted octanol–water partition coefficient (Wildman–Crippen LogP) is 1.82. The van der Waals surface area contributed by atoms with Crippen LogP contribution in [0.3, 0.4) is 0 Å². The van der Waals surface area contributed by atoms with Gasteiger partial charge in [0.15, 0.2) is 0 Å². The van der Waals surface area contributed by atoms with Gasteiger partial charge in [0.1, 0.15) is 6.29 Å². The van der Waals surface area contributed by atoms with E-state index in [0.717, 1.165) is 29.9 Å². The number of aromatic nitrogens is 3. The molecule has 7 heteroatoms. The monoisotopic (exact) mass is 339 g/mol. The van der Waals surface area contributed by atoms with E-state index < -0.39 is 11.2 Å². The Morgan fingerprint density at radius 1 is 1.12 bits per heavy atom. The minimum Gasteiger partial charge on any atom is -0.477 e. The molecule has 0 spiro atoms. The van der Waals surface area contributed by atoms with Crippen molar-refractivity contribution in [1.82, 2.24) is 14.5 Å². The van der Waals surface area contributed by atoms with Crippen LogP contribution in [-0.2, 0) is 4.79 Å². The number of carbonyl (C=O) groups is 1. The lowest BCUT2D eigenvalue weighted by atomic mass is 10.1. The number of pyridine rings is 1. The average Bonchev–Trinajstić information content (AvgIpc) is 2.62. The molecule has 0 fully saturated rings. The third-order valence-corrected chi connectivity index (χ3v) is 3.78. The Balaban J connectivity index is 1.97. The minimum absolute atomic E-state index is 0.450. The summed E-state index contributed by atoms with van der Waals surface area (Å²) >= 11 is 0. The van der Waals surface area contributed by atoms with Crippen molar-refractivity contribution in [3.8, 4) is 11.6 Å². The maximum Gasteiger partial charge on any atom is 0.332 e. The third kappa shape index (κ3) is 3.65. The Morgan fingerprint density at radius 3 is 2.68 bits per heavy atom. The second-order valence-corrected chi connectivity index (χ2v) is 5.49. The van der Waals surface area contributed by atoms with Crippen molar-refractivity contribution in [1.29, 1.82) is 0 Å². The Hall–Kier alpha value is -3.22. The van der Waals surface area contributed by atoms with Gasteiger partial charge in [-0.15, -0.1) is 0 Å². The fourth-order valence-corrected chi connectivity index (χ4v) is 2.56. The summed E-state index contributed by atoms with van der Waals surface area (Å²) in [5.41, 5.74) is -0.416. The summed E-state index contributed by atoms with van der Waals surface area (Å²) in [5.74, 6) is 0.475. The summed E-state index contributed by atoms with van der Waals surface area (Å²) in [4.78, 5) is 40.2. The first-order chi connectivity index (χ1) is 12.2. The molecule has 1 N–H and O–H groups in total. The van der Waals surface area contributed by atoms with E-state index in [2.05, 4.69) is 9.97 Å². The van der Waals surface area contributed by atoms with Gasteiger partial charge in [-0.3, -0.25) is 14.3 Å². The third-order valence-electron chi connectivity index (χ3n) is 3.78. The van der Waals surface area contributed by atoms with Crippen molar-refractivity contribution in [3.05, 3.63) is 63.6 Å². The summed E-state index contributed by atoms with van der Waals surface area (Å²) < 4.78 is 7.07. The highest BCUT2D eigenvalue weighted by atomic mass is 16.5. The van der Waals surface area contributed by atoms with Crippen LogP contribution in [0.2, 0.25) is 0 Å².